The number of hydrogen-bond acceptors (Lipinski definition) is 4. The Balaban J connectivity index is 1.41. The molecule has 1 aliphatic heterocycles. The fourth-order valence-electron chi connectivity index (χ4n) is 3.26. The van der Waals surface area contributed by atoms with Gasteiger partial charge < -0.3 is 15.5 Å². The van der Waals surface area contributed by atoms with Crippen LogP contribution in [0, 0.1) is 5.82 Å². The predicted octanol–water partition coefficient (Wildman–Crippen LogP) is 3.22. The van der Waals surface area contributed by atoms with E-state index in [-0.39, 0.29) is 5.82 Å². The van der Waals surface area contributed by atoms with Crippen LogP contribution >= 0.6 is 11.3 Å². The van der Waals surface area contributed by atoms with Crippen molar-refractivity contribution in [2.45, 2.75) is 38.6 Å². The molecule has 1 saturated heterocycles. The Hall–Kier alpha value is -2.15. The van der Waals surface area contributed by atoms with E-state index in [4.69, 9.17) is 0 Å². The van der Waals surface area contributed by atoms with Crippen LogP contribution < -0.4 is 15.5 Å². The zero-order valence-electron chi connectivity index (χ0n) is 16.0. The normalized spacial score (nSPS) is 15.8. The van der Waals surface area contributed by atoms with Gasteiger partial charge in [0.1, 0.15) is 5.82 Å². The molecule has 5 nitrogen and oxygen atoms in total. The number of nitrogens with one attached hydrogen (secondary N) is 2. The number of benzene rings is 1. The number of anilines is 1. The third-order valence-corrected chi connectivity index (χ3v) is 6.02. The number of aryl methyl sites for hydroxylation is 1. The highest BCUT2D eigenvalue weighted by molar-refractivity contribution is 7.11. The van der Waals surface area contributed by atoms with E-state index in [1.165, 1.54) is 16.0 Å². The van der Waals surface area contributed by atoms with E-state index >= 15 is 0 Å². The number of aromatic nitrogens is 1. The van der Waals surface area contributed by atoms with Gasteiger partial charge in [0.15, 0.2) is 5.96 Å². The van der Waals surface area contributed by atoms with Gasteiger partial charge in [0.05, 0.1) is 5.01 Å². The Morgan fingerprint density at radius 3 is 2.85 bits per heavy atom. The molecule has 27 heavy (non-hydrogen) atoms. The Morgan fingerprint density at radius 1 is 1.37 bits per heavy atom. The minimum Gasteiger partial charge on any atom is -0.371 e. The summed E-state index contributed by atoms with van der Waals surface area (Å²) in [7, 11) is 1.80. The predicted molar refractivity (Wildman–Crippen MR) is 111 cm³/mol. The number of rotatable bonds is 6. The van der Waals surface area contributed by atoms with Gasteiger partial charge in [-0.25, -0.2) is 9.37 Å². The van der Waals surface area contributed by atoms with Crippen molar-refractivity contribution in [2.75, 3.05) is 31.6 Å². The second-order valence-electron chi connectivity index (χ2n) is 6.71. The van der Waals surface area contributed by atoms with Crippen molar-refractivity contribution in [1.29, 1.82) is 0 Å². The number of guanidine groups is 1. The lowest BCUT2D eigenvalue weighted by atomic mass is 10.0. The van der Waals surface area contributed by atoms with E-state index in [1.807, 2.05) is 12.3 Å². The summed E-state index contributed by atoms with van der Waals surface area (Å²) in [5, 5.41) is 8.06. The topological polar surface area (TPSA) is 52.6 Å². The lowest BCUT2D eigenvalue weighted by Crippen LogP contribution is -2.49. The first-order chi connectivity index (χ1) is 13.2. The van der Waals surface area contributed by atoms with Crippen LogP contribution in [0.15, 0.2) is 35.5 Å². The largest absolute Gasteiger partial charge is 0.371 e. The van der Waals surface area contributed by atoms with E-state index in [9.17, 15) is 4.39 Å². The Labute approximate surface area is 164 Å². The maximum Gasteiger partial charge on any atom is 0.191 e. The molecule has 0 amide bonds. The van der Waals surface area contributed by atoms with Crippen molar-refractivity contribution < 1.29 is 4.39 Å². The van der Waals surface area contributed by atoms with Gasteiger partial charge in [-0.2, -0.15) is 0 Å². The molecule has 0 bridgehead atoms. The first-order valence-corrected chi connectivity index (χ1v) is 10.4. The fourth-order valence-corrected chi connectivity index (χ4v) is 4.12. The zero-order valence-corrected chi connectivity index (χ0v) is 16.9. The average Bonchev–Trinajstić information content (AvgIpc) is 3.16. The molecule has 2 aromatic rings. The fraction of sp³-hybridized carbons (Fsp3) is 0.500. The summed E-state index contributed by atoms with van der Waals surface area (Å²) in [6.45, 7) is 4.80. The quantitative estimate of drug-likeness (QED) is 0.588. The second kappa shape index (κ2) is 9.69. The lowest BCUT2D eigenvalue weighted by Gasteiger charge is -2.34. The summed E-state index contributed by atoms with van der Waals surface area (Å²) >= 11 is 1.78. The number of thiazole rings is 1. The van der Waals surface area contributed by atoms with Gasteiger partial charge in [-0.15, -0.1) is 11.3 Å². The van der Waals surface area contributed by atoms with Crippen LogP contribution in [0.1, 0.15) is 29.7 Å². The molecule has 1 aromatic carbocycles. The van der Waals surface area contributed by atoms with Crippen LogP contribution in [-0.4, -0.2) is 43.7 Å². The molecule has 1 aliphatic rings. The van der Waals surface area contributed by atoms with Crippen LogP contribution in [0.2, 0.25) is 0 Å². The van der Waals surface area contributed by atoms with E-state index in [0.29, 0.717) is 6.04 Å². The van der Waals surface area contributed by atoms with Crippen molar-refractivity contribution in [3.63, 3.8) is 0 Å². The molecule has 7 heteroatoms. The first kappa shape index (κ1) is 19.6. The Morgan fingerprint density at radius 2 is 2.19 bits per heavy atom. The molecular formula is C20H28FN5S. The minimum atomic E-state index is -0.177. The van der Waals surface area contributed by atoms with Gasteiger partial charge in [-0.05, 0) is 37.5 Å². The molecule has 0 spiro atoms. The van der Waals surface area contributed by atoms with Crippen LogP contribution in [-0.2, 0) is 12.8 Å². The standard InChI is InChI=1S/C20H28FN5S/c1-3-18-14-24-19(27-18)7-10-23-20(22-2)25-16-8-11-26(12-9-16)17-6-4-5-15(21)13-17/h4-6,13-14,16H,3,7-12H2,1-2H3,(H2,22,23,25). The Kier molecular flexibility index (Phi) is 7.04. The van der Waals surface area contributed by atoms with E-state index in [1.54, 1.807) is 30.5 Å². The second-order valence-corrected chi connectivity index (χ2v) is 7.91. The molecule has 3 rings (SSSR count). The lowest BCUT2D eigenvalue weighted by molar-refractivity contribution is 0.461. The van der Waals surface area contributed by atoms with E-state index < -0.39 is 0 Å². The molecule has 0 radical (unpaired) electrons. The maximum atomic E-state index is 13.4. The summed E-state index contributed by atoms with van der Waals surface area (Å²) in [4.78, 5) is 12.4. The summed E-state index contributed by atoms with van der Waals surface area (Å²) < 4.78 is 13.4. The first-order valence-electron chi connectivity index (χ1n) is 9.59. The van der Waals surface area contributed by atoms with Crippen molar-refractivity contribution in [2.24, 2.45) is 4.99 Å². The molecule has 146 valence electrons. The molecule has 0 unspecified atom stereocenters. The summed E-state index contributed by atoms with van der Waals surface area (Å²) in [6, 6.07) is 7.22. The van der Waals surface area contributed by atoms with Crippen molar-refractivity contribution >= 4 is 23.0 Å². The number of piperidine rings is 1. The minimum absolute atomic E-state index is 0.177. The van der Waals surface area contributed by atoms with Gasteiger partial charge in [0, 0.05) is 55.9 Å². The molecular weight excluding hydrogens is 361 g/mol. The van der Waals surface area contributed by atoms with E-state index in [0.717, 1.165) is 57.0 Å². The van der Waals surface area contributed by atoms with Gasteiger partial charge in [0.25, 0.3) is 0 Å². The molecule has 2 N–H and O–H groups in total. The van der Waals surface area contributed by atoms with Crippen LogP contribution in [0.3, 0.4) is 0 Å². The molecule has 1 fully saturated rings. The molecule has 2 heterocycles. The van der Waals surface area contributed by atoms with Gasteiger partial charge in [0.2, 0.25) is 0 Å². The number of halogens is 1. The number of nitrogens with zero attached hydrogens (tertiary/aromatic N) is 3. The maximum absolute atomic E-state index is 13.4. The monoisotopic (exact) mass is 389 g/mol. The Bertz CT molecular complexity index is 752. The highest BCUT2D eigenvalue weighted by Crippen LogP contribution is 2.20. The smallest absolute Gasteiger partial charge is 0.191 e. The molecule has 0 atom stereocenters. The van der Waals surface area contributed by atoms with Gasteiger partial charge in [-0.1, -0.05) is 13.0 Å². The summed E-state index contributed by atoms with van der Waals surface area (Å²) in [6.07, 6.45) is 5.93. The van der Waals surface area contributed by atoms with Crippen molar-refractivity contribution in [3.8, 4) is 0 Å². The van der Waals surface area contributed by atoms with Crippen LogP contribution in [0.5, 0.6) is 0 Å². The third kappa shape index (κ3) is 5.66. The SMILES string of the molecule is CCc1cnc(CCNC(=NC)NC2CCN(c3cccc(F)c3)CC2)s1. The van der Waals surface area contributed by atoms with Gasteiger partial charge >= 0.3 is 0 Å². The van der Waals surface area contributed by atoms with E-state index in [2.05, 4.69) is 32.4 Å². The number of aliphatic imine (C=N–C) groups is 1. The van der Waals surface area contributed by atoms with Gasteiger partial charge in [-0.3, -0.25) is 4.99 Å². The zero-order chi connectivity index (χ0) is 19.1. The van der Waals surface area contributed by atoms with Crippen LogP contribution in [0.25, 0.3) is 0 Å². The van der Waals surface area contributed by atoms with Crippen molar-refractivity contribution in [1.82, 2.24) is 15.6 Å². The molecule has 1 aromatic heterocycles. The average molecular weight is 390 g/mol. The third-order valence-electron chi connectivity index (χ3n) is 4.81. The highest BCUT2D eigenvalue weighted by atomic mass is 32.1. The molecule has 0 aliphatic carbocycles. The summed E-state index contributed by atoms with van der Waals surface area (Å²) in [5.74, 6) is 0.662. The number of hydrogen-bond donors (Lipinski definition) is 2. The molecule has 0 saturated carbocycles. The van der Waals surface area contributed by atoms with Crippen molar-refractivity contribution in [3.05, 3.63) is 46.2 Å². The highest BCUT2D eigenvalue weighted by Gasteiger charge is 2.20. The summed E-state index contributed by atoms with van der Waals surface area (Å²) in [5.41, 5.74) is 0.964. The van der Waals surface area contributed by atoms with Crippen LogP contribution in [0.4, 0.5) is 10.1 Å².